The van der Waals surface area contributed by atoms with Crippen molar-refractivity contribution in [1.82, 2.24) is 10.1 Å². The molecule has 0 bridgehead atoms. The van der Waals surface area contributed by atoms with Crippen LogP contribution in [-0.2, 0) is 4.79 Å². The van der Waals surface area contributed by atoms with Gasteiger partial charge in [0.25, 0.3) is 0 Å². The van der Waals surface area contributed by atoms with E-state index in [-0.39, 0.29) is 11.8 Å². The van der Waals surface area contributed by atoms with E-state index in [4.69, 9.17) is 20.9 Å². The van der Waals surface area contributed by atoms with Crippen molar-refractivity contribution in [2.75, 3.05) is 12.0 Å². The van der Waals surface area contributed by atoms with E-state index in [0.29, 0.717) is 27.7 Å². The molecule has 0 unspecified atom stereocenters. The van der Waals surface area contributed by atoms with Gasteiger partial charge in [-0.15, -0.1) is 0 Å². The molecule has 2 aromatic carbocycles. The number of benzene rings is 2. The van der Waals surface area contributed by atoms with E-state index in [1.807, 2.05) is 42.5 Å². The number of rotatable bonds is 5. The third-order valence-electron chi connectivity index (χ3n) is 4.60. The standard InChI is InChI=1S/C23H18ClN3O3/c1-15(28)27(20-9-4-3-8-19(20)24)23-21(16-10-12-25-13-11-16)22(26-30-23)17-6-5-7-18(14-17)29-2/h3-14H,1-2H3. The third-order valence-corrected chi connectivity index (χ3v) is 4.92. The number of nitrogens with zero attached hydrogens (tertiary/aromatic N) is 3. The molecule has 4 aromatic rings. The molecule has 6 nitrogen and oxygen atoms in total. The average molecular weight is 420 g/mol. The molecule has 0 aliphatic rings. The van der Waals surface area contributed by atoms with Gasteiger partial charge in [0.1, 0.15) is 11.4 Å². The maximum atomic E-state index is 12.7. The van der Waals surface area contributed by atoms with Crippen LogP contribution >= 0.6 is 11.6 Å². The van der Waals surface area contributed by atoms with Gasteiger partial charge in [-0.3, -0.25) is 9.78 Å². The predicted molar refractivity (Wildman–Crippen MR) is 116 cm³/mol. The second-order valence-electron chi connectivity index (χ2n) is 6.49. The van der Waals surface area contributed by atoms with Crippen LogP contribution in [-0.4, -0.2) is 23.2 Å². The smallest absolute Gasteiger partial charge is 0.247 e. The Balaban J connectivity index is 1.97. The quantitative estimate of drug-likeness (QED) is 0.412. The summed E-state index contributed by atoms with van der Waals surface area (Å²) in [5, 5.41) is 4.73. The van der Waals surface area contributed by atoms with Crippen molar-refractivity contribution < 1.29 is 14.1 Å². The first-order chi connectivity index (χ1) is 14.6. The summed E-state index contributed by atoms with van der Waals surface area (Å²) in [6.45, 7) is 1.45. The summed E-state index contributed by atoms with van der Waals surface area (Å²) in [6.07, 6.45) is 3.35. The van der Waals surface area contributed by atoms with Crippen molar-refractivity contribution in [1.29, 1.82) is 0 Å². The number of ether oxygens (including phenoxy) is 1. The minimum atomic E-state index is -0.258. The zero-order valence-electron chi connectivity index (χ0n) is 16.4. The van der Waals surface area contributed by atoms with Crippen LogP contribution in [0.2, 0.25) is 5.02 Å². The van der Waals surface area contributed by atoms with Crippen LogP contribution in [0, 0.1) is 0 Å². The van der Waals surface area contributed by atoms with Crippen LogP contribution in [0.25, 0.3) is 22.4 Å². The highest BCUT2D eigenvalue weighted by Crippen LogP contribution is 2.43. The highest BCUT2D eigenvalue weighted by molar-refractivity contribution is 6.34. The van der Waals surface area contributed by atoms with E-state index in [9.17, 15) is 4.79 Å². The van der Waals surface area contributed by atoms with Crippen molar-refractivity contribution >= 4 is 29.1 Å². The average Bonchev–Trinajstić information content (AvgIpc) is 3.20. The molecular formula is C23H18ClN3O3. The fourth-order valence-electron chi connectivity index (χ4n) is 3.24. The third kappa shape index (κ3) is 3.65. The Morgan fingerprint density at radius 3 is 2.50 bits per heavy atom. The fraction of sp³-hybridized carbons (Fsp3) is 0.0870. The Bertz CT molecular complexity index is 1190. The number of methoxy groups -OCH3 is 1. The molecule has 7 heteroatoms. The number of halogens is 1. The van der Waals surface area contributed by atoms with Gasteiger partial charge in [0.15, 0.2) is 0 Å². The van der Waals surface area contributed by atoms with Gasteiger partial charge in [0, 0.05) is 24.9 Å². The van der Waals surface area contributed by atoms with Gasteiger partial charge in [0.2, 0.25) is 11.8 Å². The van der Waals surface area contributed by atoms with Crippen molar-refractivity contribution in [3.8, 4) is 28.1 Å². The van der Waals surface area contributed by atoms with E-state index in [1.165, 1.54) is 11.8 Å². The predicted octanol–water partition coefficient (Wildman–Crippen LogP) is 5.75. The molecule has 30 heavy (non-hydrogen) atoms. The molecule has 0 atom stereocenters. The molecule has 0 radical (unpaired) electrons. The summed E-state index contributed by atoms with van der Waals surface area (Å²) in [7, 11) is 1.60. The first-order valence-electron chi connectivity index (χ1n) is 9.20. The Kier molecular flexibility index (Phi) is 5.50. The summed E-state index contributed by atoms with van der Waals surface area (Å²) in [4.78, 5) is 18.2. The lowest BCUT2D eigenvalue weighted by molar-refractivity contribution is -0.116. The van der Waals surface area contributed by atoms with Crippen molar-refractivity contribution in [2.45, 2.75) is 6.92 Å². The number of hydrogen-bond acceptors (Lipinski definition) is 5. The summed E-state index contributed by atoms with van der Waals surface area (Å²) >= 11 is 6.39. The van der Waals surface area contributed by atoms with Gasteiger partial charge in [-0.2, -0.15) is 0 Å². The molecule has 0 saturated carbocycles. The van der Waals surface area contributed by atoms with Crippen molar-refractivity contribution in [3.63, 3.8) is 0 Å². The largest absolute Gasteiger partial charge is 0.497 e. The summed E-state index contributed by atoms with van der Waals surface area (Å²) in [6, 6.07) is 18.3. The second kappa shape index (κ2) is 8.39. The number of carbonyl (C=O) groups excluding carboxylic acids is 1. The number of pyridine rings is 1. The number of anilines is 2. The molecule has 2 heterocycles. The molecule has 2 aromatic heterocycles. The fourth-order valence-corrected chi connectivity index (χ4v) is 3.46. The highest BCUT2D eigenvalue weighted by atomic mass is 35.5. The van der Waals surface area contributed by atoms with Crippen LogP contribution in [0.4, 0.5) is 11.6 Å². The molecule has 150 valence electrons. The van der Waals surface area contributed by atoms with E-state index in [2.05, 4.69) is 10.1 Å². The maximum absolute atomic E-state index is 12.7. The molecule has 0 saturated heterocycles. The lowest BCUT2D eigenvalue weighted by Gasteiger charge is -2.20. The molecular weight excluding hydrogens is 402 g/mol. The number of carbonyl (C=O) groups is 1. The Morgan fingerprint density at radius 1 is 1.03 bits per heavy atom. The van der Waals surface area contributed by atoms with Crippen LogP contribution in [0.3, 0.4) is 0 Å². The Labute approximate surface area is 178 Å². The van der Waals surface area contributed by atoms with Gasteiger partial charge >= 0.3 is 0 Å². The topological polar surface area (TPSA) is 68.5 Å². The van der Waals surface area contributed by atoms with Crippen LogP contribution in [0.15, 0.2) is 77.6 Å². The molecule has 0 N–H and O–H groups in total. The minimum Gasteiger partial charge on any atom is -0.497 e. The summed E-state index contributed by atoms with van der Waals surface area (Å²) < 4.78 is 11.1. The lowest BCUT2D eigenvalue weighted by Crippen LogP contribution is -2.23. The summed E-state index contributed by atoms with van der Waals surface area (Å²) in [5.41, 5.74) is 3.33. The Morgan fingerprint density at radius 2 is 1.80 bits per heavy atom. The van der Waals surface area contributed by atoms with Gasteiger partial charge in [-0.25, -0.2) is 4.90 Å². The van der Waals surface area contributed by atoms with E-state index >= 15 is 0 Å². The number of para-hydroxylation sites is 1. The minimum absolute atomic E-state index is 0.258. The lowest BCUT2D eigenvalue weighted by atomic mass is 10.0. The highest BCUT2D eigenvalue weighted by Gasteiger charge is 2.28. The number of amides is 1. The van der Waals surface area contributed by atoms with Crippen LogP contribution in [0.1, 0.15) is 6.92 Å². The zero-order valence-corrected chi connectivity index (χ0v) is 17.1. The number of hydrogen-bond donors (Lipinski definition) is 0. The first kappa shape index (κ1) is 19.7. The molecule has 1 amide bonds. The van der Waals surface area contributed by atoms with Gasteiger partial charge < -0.3 is 9.26 Å². The van der Waals surface area contributed by atoms with E-state index < -0.39 is 0 Å². The van der Waals surface area contributed by atoms with Crippen LogP contribution < -0.4 is 9.64 Å². The SMILES string of the molecule is COc1cccc(-c2noc(N(C(C)=O)c3ccccc3Cl)c2-c2ccncc2)c1. The van der Waals surface area contributed by atoms with Crippen molar-refractivity contribution in [2.24, 2.45) is 0 Å². The second-order valence-corrected chi connectivity index (χ2v) is 6.89. The van der Waals surface area contributed by atoms with Crippen LogP contribution in [0.5, 0.6) is 5.75 Å². The molecule has 4 rings (SSSR count). The molecule has 0 aliphatic heterocycles. The number of aromatic nitrogens is 2. The Hall–Kier alpha value is -3.64. The molecule has 0 aliphatic carbocycles. The van der Waals surface area contributed by atoms with Gasteiger partial charge in [-0.1, -0.05) is 41.0 Å². The molecule has 0 fully saturated rings. The monoisotopic (exact) mass is 419 g/mol. The van der Waals surface area contributed by atoms with Gasteiger partial charge in [-0.05, 0) is 42.0 Å². The van der Waals surface area contributed by atoms with Gasteiger partial charge in [0.05, 0.1) is 23.4 Å². The van der Waals surface area contributed by atoms with E-state index in [1.54, 1.807) is 37.7 Å². The normalized spacial score (nSPS) is 10.6. The molecule has 0 spiro atoms. The zero-order chi connectivity index (χ0) is 21.1. The van der Waals surface area contributed by atoms with Crippen molar-refractivity contribution in [3.05, 3.63) is 78.1 Å². The first-order valence-corrected chi connectivity index (χ1v) is 9.57. The maximum Gasteiger partial charge on any atom is 0.247 e. The summed E-state index contributed by atoms with van der Waals surface area (Å²) in [5.74, 6) is 0.707. The van der Waals surface area contributed by atoms with E-state index in [0.717, 1.165) is 11.1 Å².